The van der Waals surface area contributed by atoms with E-state index < -0.39 is 22.9 Å². The summed E-state index contributed by atoms with van der Waals surface area (Å²) < 4.78 is 0. The first kappa shape index (κ1) is 16.6. The number of allylic oxidation sites excluding steroid dienone is 1. The number of hydrogen-bond acceptors (Lipinski definition) is 6. The highest BCUT2D eigenvalue weighted by atomic mass is 32.1. The minimum Gasteiger partial charge on any atom is -0.327 e. The molecule has 10 heteroatoms. The average Bonchev–Trinajstić information content (AvgIpc) is 3.07. The van der Waals surface area contributed by atoms with E-state index in [4.69, 9.17) is 0 Å². The second-order valence-corrected chi connectivity index (χ2v) is 6.10. The maximum atomic E-state index is 12.6. The van der Waals surface area contributed by atoms with Crippen molar-refractivity contribution in [2.24, 2.45) is 0 Å². The molecule has 25 heavy (non-hydrogen) atoms. The third-order valence-electron chi connectivity index (χ3n) is 3.60. The van der Waals surface area contributed by atoms with Crippen LogP contribution >= 0.6 is 11.3 Å². The molecular weight excluding hydrogens is 346 g/mol. The minimum absolute atomic E-state index is 0.0708. The zero-order chi connectivity index (χ0) is 18.0. The molecule has 2 heterocycles. The molecule has 0 fully saturated rings. The van der Waals surface area contributed by atoms with Crippen molar-refractivity contribution in [1.29, 1.82) is 0 Å². The van der Waals surface area contributed by atoms with Crippen molar-refractivity contribution < 1.29 is 14.5 Å². The predicted molar refractivity (Wildman–Crippen MR) is 90.9 cm³/mol. The van der Waals surface area contributed by atoms with Gasteiger partial charge in [-0.2, -0.15) is 0 Å². The van der Waals surface area contributed by atoms with Gasteiger partial charge in [0.05, 0.1) is 16.5 Å². The van der Waals surface area contributed by atoms with E-state index in [1.54, 1.807) is 18.5 Å². The van der Waals surface area contributed by atoms with Crippen molar-refractivity contribution in [2.45, 2.75) is 13.0 Å². The lowest BCUT2D eigenvalue weighted by atomic mass is 9.95. The molecular formula is C15H13N5O4S. The Hall–Kier alpha value is -3.27. The number of urea groups is 1. The zero-order valence-corrected chi connectivity index (χ0v) is 13.8. The van der Waals surface area contributed by atoms with Crippen LogP contribution in [0.3, 0.4) is 0 Å². The summed E-state index contributed by atoms with van der Waals surface area (Å²) in [6, 6.07) is 4.50. The highest BCUT2D eigenvalue weighted by molar-refractivity contribution is 7.13. The van der Waals surface area contributed by atoms with Gasteiger partial charge in [-0.3, -0.25) is 20.2 Å². The first-order valence-corrected chi connectivity index (χ1v) is 8.07. The number of rotatable bonds is 4. The molecule has 0 saturated carbocycles. The second kappa shape index (κ2) is 6.69. The molecule has 3 rings (SSSR count). The van der Waals surface area contributed by atoms with Gasteiger partial charge in [-0.1, -0.05) is 0 Å². The normalized spacial score (nSPS) is 16.8. The highest BCUT2D eigenvalue weighted by Gasteiger charge is 2.31. The monoisotopic (exact) mass is 359 g/mol. The number of amides is 3. The molecule has 0 aliphatic carbocycles. The van der Waals surface area contributed by atoms with Crippen molar-refractivity contribution in [1.82, 2.24) is 15.6 Å². The van der Waals surface area contributed by atoms with Crippen LogP contribution in [0.2, 0.25) is 0 Å². The van der Waals surface area contributed by atoms with Crippen LogP contribution in [-0.2, 0) is 4.79 Å². The number of aromatic nitrogens is 1. The highest BCUT2D eigenvalue weighted by Crippen LogP contribution is 2.29. The zero-order valence-electron chi connectivity index (χ0n) is 13.0. The SMILES string of the molecule is CC1=C(C(=O)Nc2nccs2)C(c2ccc([N+](=O)[O-])cc2)NC(=O)N1. The number of non-ortho nitro benzene ring substituents is 1. The van der Waals surface area contributed by atoms with Crippen LogP contribution in [0.4, 0.5) is 15.6 Å². The largest absolute Gasteiger partial charge is 0.327 e. The van der Waals surface area contributed by atoms with Gasteiger partial charge >= 0.3 is 6.03 Å². The van der Waals surface area contributed by atoms with Gasteiger partial charge in [-0.25, -0.2) is 9.78 Å². The molecule has 0 saturated heterocycles. The standard InChI is InChI=1S/C15H13N5O4S/c1-8-11(13(21)19-15-16-6-7-25-15)12(18-14(22)17-8)9-2-4-10(5-3-9)20(23)24/h2-7,12H,1H3,(H,16,19,21)(H2,17,18,22). The maximum absolute atomic E-state index is 12.6. The van der Waals surface area contributed by atoms with Crippen molar-refractivity contribution in [2.75, 3.05) is 5.32 Å². The molecule has 1 unspecified atom stereocenters. The quantitative estimate of drug-likeness (QED) is 0.570. The molecule has 2 aromatic rings. The lowest BCUT2D eigenvalue weighted by Gasteiger charge is -2.28. The average molecular weight is 359 g/mol. The summed E-state index contributed by atoms with van der Waals surface area (Å²) >= 11 is 1.27. The fourth-order valence-electron chi connectivity index (χ4n) is 2.48. The molecule has 128 valence electrons. The van der Waals surface area contributed by atoms with Crippen molar-refractivity contribution in [3.63, 3.8) is 0 Å². The minimum atomic E-state index is -0.727. The van der Waals surface area contributed by atoms with Crippen LogP contribution in [0.5, 0.6) is 0 Å². The molecule has 0 bridgehead atoms. The third kappa shape index (κ3) is 3.48. The van der Waals surface area contributed by atoms with Gasteiger partial charge in [0.2, 0.25) is 0 Å². The van der Waals surface area contributed by atoms with E-state index in [-0.39, 0.29) is 5.69 Å². The number of nitrogens with one attached hydrogen (secondary N) is 3. The molecule has 1 aliphatic heterocycles. The predicted octanol–water partition coefficient (Wildman–Crippen LogP) is 2.32. The van der Waals surface area contributed by atoms with E-state index in [9.17, 15) is 19.7 Å². The lowest BCUT2D eigenvalue weighted by Crippen LogP contribution is -2.45. The van der Waals surface area contributed by atoms with Gasteiger partial charge in [0.25, 0.3) is 11.6 Å². The topological polar surface area (TPSA) is 126 Å². The molecule has 0 radical (unpaired) electrons. The van der Waals surface area contributed by atoms with Crippen LogP contribution in [0.1, 0.15) is 18.5 Å². The maximum Gasteiger partial charge on any atom is 0.319 e. The van der Waals surface area contributed by atoms with Crippen LogP contribution in [0, 0.1) is 10.1 Å². The molecule has 9 nitrogen and oxygen atoms in total. The van der Waals surface area contributed by atoms with Crippen molar-refractivity contribution in [3.8, 4) is 0 Å². The van der Waals surface area contributed by atoms with Gasteiger partial charge in [-0.05, 0) is 24.6 Å². The van der Waals surface area contributed by atoms with Gasteiger partial charge in [0.15, 0.2) is 5.13 Å². The van der Waals surface area contributed by atoms with Gasteiger partial charge in [0.1, 0.15) is 0 Å². The summed E-state index contributed by atoms with van der Waals surface area (Å²) in [7, 11) is 0. The number of nitro benzene ring substituents is 1. The van der Waals surface area contributed by atoms with Crippen LogP contribution < -0.4 is 16.0 Å². The second-order valence-electron chi connectivity index (χ2n) is 5.21. The van der Waals surface area contributed by atoms with Gasteiger partial charge in [0, 0.05) is 29.4 Å². The van der Waals surface area contributed by atoms with Gasteiger partial charge in [-0.15, -0.1) is 11.3 Å². The number of thiazole rings is 1. The molecule has 1 aromatic heterocycles. The number of nitrogens with zero attached hydrogens (tertiary/aromatic N) is 2. The Kier molecular flexibility index (Phi) is 4.44. The third-order valence-corrected chi connectivity index (χ3v) is 4.29. The molecule has 3 amide bonds. The Morgan fingerprint density at radius 1 is 1.36 bits per heavy atom. The van der Waals surface area contributed by atoms with Crippen LogP contribution in [0.25, 0.3) is 0 Å². The van der Waals surface area contributed by atoms with E-state index in [0.717, 1.165) is 0 Å². The van der Waals surface area contributed by atoms with E-state index in [0.29, 0.717) is 22.0 Å². The van der Waals surface area contributed by atoms with Gasteiger partial charge < -0.3 is 10.6 Å². The first-order chi connectivity index (χ1) is 12.0. The van der Waals surface area contributed by atoms with Crippen molar-refractivity contribution in [3.05, 3.63) is 62.8 Å². The first-order valence-electron chi connectivity index (χ1n) is 7.19. The Balaban J connectivity index is 1.94. The van der Waals surface area contributed by atoms with Crippen molar-refractivity contribution >= 4 is 34.1 Å². The molecule has 3 N–H and O–H groups in total. The number of carbonyl (C=O) groups excluding carboxylic acids is 2. The Bertz CT molecular complexity index is 861. The summed E-state index contributed by atoms with van der Waals surface area (Å²) in [6.45, 7) is 1.62. The fourth-order valence-corrected chi connectivity index (χ4v) is 3.01. The van der Waals surface area contributed by atoms with E-state index in [2.05, 4.69) is 20.9 Å². The smallest absolute Gasteiger partial charge is 0.319 e. The Morgan fingerprint density at radius 3 is 2.68 bits per heavy atom. The molecule has 0 spiro atoms. The number of carbonyl (C=O) groups is 2. The number of anilines is 1. The number of hydrogen-bond donors (Lipinski definition) is 3. The van der Waals surface area contributed by atoms with E-state index >= 15 is 0 Å². The number of benzene rings is 1. The molecule has 1 aromatic carbocycles. The van der Waals surface area contributed by atoms with E-state index in [1.165, 1.54) is 35.6 Å². The molecule has 1 atom stereocenters. The fraction of sp³-hybridized carbons (Fsp3) is 0.133. The number of nitro groups is 1. The van der Waals surface area contributed by atoms with E-state index in [1.807, 2.05) is 0 Å². The summed E-state index contributed by atoms with van der Waals surface area (Å²) in [5.74, 6) is -0.414. The van der Waals surface area contributed by atoms with Crippen LogP contribution in [-0.4, -0.2) is 21.8 Å². The summed E-state index contributed by atoms with van der Waals surface area (Å²) in [5.41, 5.74) is 1.20. The summed E-state index contributed by atoms with van der Waals surface area (Å²) in [5, 5.41) is 20.9. The lowest BCUT2D eigenvalue weighted by molar-refractivity contribution is -0.384. The Morgan fingerprint density at radius 2 is 2.08 bits per heavy atom. The summed E-state index contributed by atoms with van der Waals surface area (Å²) in [6.07, 6.45) is 1.57. The Labute approximate surface area is 145 Å². The van der Waals surface area contributed by atoms with Crippen LogP contribution in [0.15, 0.2) is 47.1 Å². The molecule has 1 aliphatic rings. The summed E-state index contributed by atoms with van der Waals surface area (Å²) in [4.78, 5) is 38.7.